The fraction of sp³-hybridized carbons (Fsp3) is 0.261. The van der Waals surface area contributed by atoms with E-state index in [4.69, 9.17) is 14.2 Å². The number of nitrogens with one attached hydrogen (secondary N) is 1. The molecule has 0 aromatic heterocycles. The van der Waals surface area contributed by atoms with Crippen molar-refractivity contribution in [3.63, 3.8) is 0 Å². The van der Waals surface area contributed by atoms with Crippen LogP contribution in [0.3, 0.4) is 0 Å². The topological polar surface area (TPSA) is 101 Å². The van der Waals surface area contributed by atoms with Gasteiger partial charge in [-0.05, 0) is 48.4 Å². The molecule has 1 aliphatic rings. The van der Waals surface area contributed by atoms with Gasteiger partial charge in [0.2, 0.25) is 6.79 Å². The van der Waals surface area contributed by atoms with Gasteiger partial charge in [0, 0.05) is 19.8 Å². The highest BCUT2D eigenvalue weighted by molar-refractivity contribution is 5.98. The molecule has 1 aliphatic heterocycles. The Morgan fingerprint density at radius 3 is 2.58 bits per heavy atom. The van der Waals surface area contributed by atoms with Crippen molar-refractivity contribution in [3.8, 4) is 17.6 Å². The molecule has 2 aromatic rings. The number of hydrogen-bond donors (Lipinski definition) is 1. The maximum Gasteiger partial charge on any atom is 0.349 e. The van der Waals surface area contributed by atoms with Crippen molar-refractivity contribution in [2.75, 3.05) is 32.4 Å². The lowest BCUT2D eigenvalue weighted by molar-refractivity contribution is -0.144. The Morgan fingerprint density at radius 1 is 1.19 bits per heavy atom. The minimum Gasteiger partial charge on any atom is -0.454 e. The first-order valence-electron chi connectivity index (χ1n) is 9.62. The summed E-state index contributed by atoms with van der Waals surface area (Å²) < 4.78 is 15.6. The summed E-state index contributed by atoms with van der Waals surface area (Å²) >= 11 is 0. The molecule has 1 N–H and O–H groups in total. The second kappa shape index (κ2) is 9.67. The van der Waals surface area contributed by atoms with Gasteiger partial charge in [0.1, 0.15) is 11.6 Å². The predicted molar refractivity (Wildman–Crippen MR) is 114 cm³/mol. The molecule has 1 heterocycles. The quantitative estimate of drug-likeness (QED) is 0.417. The number of hydrogen-bond acceptors (Lipinski definition) is 7. The lowest BCUT2D eigenvalue weighted by Gasteiger charge is -2.15. The molecule has 1 unspecified atom stereocenters. The zero-order chi connectivity index (χ0) is 22.4. The fourth-order valence-corrected chi connectivity index (χ4v) is 2.93. The summed E-state index contributed by atoms with van der Waals surface area (Å²) in [5.74, 6) is -0.0629. The number of carbonyl (C=O) groups excluding carboxylic acids is 2. The van der Waals surface area contributed by atoms with Gasteiger partial charge < -0.3 is 24.4 Å². The highest BCUT2D eigenvalue weighted by atomic mass is 16.7. The molecule has 2 aromatic carbocycles. The molecule has 8 nitrogen and oxygen atoms in total. The highest BCUT2D eigenvalue weighted by Gasteiger charge is 2.18. The van der Waals surface area contributed by atoms with Gasteiger partial charge >= 0.3 is 5.97 Å². The van der Waals surface area contributed by atoms with Gasteiger partial charge in [-0.2, -0.15) is 5.26 Å². The van der Waals surface area contributed by atoms with Gasteiger partial charge in [-0.1, -0.05) is 18.2 Å². The van der Waals surface area contributed by atoms with Crippen LogP contribution in [0.5, 0.6) is 11.5 Å². The van der Waals surface area contributed by atoms with E-state index < -0.39 is 18.5 Å². The monoisotopic (exact) mass is 421 g/mol. The van der Waals surface area contributed by atoms with Gasteiger partial charge in [0.25, 0.3) is 5.91 Å². The summed E-state index contributed by atoms with van der Waals surface area (Å²) in [6.07, 6.45) is 1.43. The largest absolute Gasteiger partial charge is 0.454 e. The normalized spacial score (nSPS) is 13.2. The van der Waals surface area contributed by atoms with Crippen molar-refractivity contribution in [2.45, 2.75) is 13.0 Å². The summed E-state index contributed by atoms with van der Waals surface area (Å²) in [7, 11) is 3.84. The number of anilines is 1. The molecule has 1 amide bonds. The number of nitriles is 1. The Morgan fingerprint density at radius 2 is 1.90 bits per heavy atom. The Labute approximate surface area is 180 Å². The first-order valence-corrected chi connectivity index (χ1v) is 9.62. The Bertz CT molecular complexity index is 1040. The third-order valence-electron chi connectivity index (χ3n) is 4.67. The van der Waals surface area contributed by atoms with Crippen LogP contribution >= 0.6 is 0 Å². The summed E-state index contributed by atoms with van der Waals surface area (Å²) in [6.45, 7) is 1.48. The zero-order valence-electron chi connectivity index (χ0n) is 17.5. The molecule has 0 fully saturated rings. The van der Waals surface area contributed by atoms with Crippen LogP contribution in [0.25, 0.3) is 6.08 Å². The average Bonchev–Trinajstić information content (AvgIpc) is 3.24. The van der Waals surface area contributed by atoms with Crippen molar-refractivity contribution in [1.82, 2.24) is 5.32 Å². The van der Waals surface area contributed by atoms with Crippen LogP contribution in [0, 0.1) is 11.3 Å². The van der Waals surface area contributed by atoms with E-state index in [1.54, 1.807) is 31.2 Å². The smallest absolute Gasteiger partial charge is 0.349 e. The van der Waals surface area contributed by atoms with Gasteiger partial charge in [-0.3, -0.25) is 4.79 Å². The number of ether oxygens (including phenoxy) is 3. The molecular weight excluding hydrogens is 398 g/mol. The lowest BCUT2D eigenvalue weighted by Crippen LogP contribution is -2.31. The first kappa shape index (κ1) is 21.7. The van der Waals surface area contributed by atoms with Gasteiger partial charge in [-0.15, -0.1) is 0 Å². The molecule has 31 heavy (non-hydrogen) atoms. The summed E-state index contributed by atoms with van der Waals surface area (Å²) in [6, 6.07) is 14.2. The van der Waals surface area contributed by atoms with Crippen LogP contribution in [-0.4, -0.2) is 39.4 Å². The van der Waals surface area contributed by atoms with Crippen LogP contribution in [0.4, 0.5) is 5.69 Å². The minimum absolute atomic E-state index is 0.171. The third-order valence-corrected chi connectivity index (χ3v) is 4.67. The van der Waals surface area contributed by atoms with Crippen LogP contribution in [0.15, 0.2) is 48.0 Å². The maximum absolute atomic E-state index is 12.2. The van der Waals surface area contributed by atoms with Crippen LogP contribution in [0.1, 0.15) is 24.1 Å². The van der Waals surface area contributed by atoms with Gasteiger partial charge in [0.15, 0.2) is 18.1 Å². The van der Waals surface area contributed by atoms with E-state index in [9.17, 15) is 14.9 Å². The standard InChI is InChI=1S/C23H23N3O5/c1-15(17-6-9-20-21(11-17)31-14-30-20)25-22(27)13-29-23(28)18(12-24)10-16-4-7-19(8-5-16)26(2)3/h4-11,15H,13-14H2,1-3H3,(H,25,27)/b18-10+. The summed E-state index contributed by atoms with van der Waals surface area (Å²) in [5, 5.41) is 12.0. The van der Waals surface area contributed by atoms with Gasteiger partial charge in [-0.25, -0.2) is 4.79 Å². The molecule has 3 rings (SSSR count). The van der Waals surface area contributed by atoms with Crippen LogP contribution < -0.4 is 19.7 Å². The average molecular weight is 421 g/mol. The Kier molecular flexibility index (Phi) is 6.78. The van der Waals surface area contributed by atoms with E-state index in [1.165, 1.54) is 6.08 Å². The van der Waals surface area contributed by atoms with E-state index in [0.29, 0.717) is 17.1 Å². The maximum atomic E-state index is 12.2. The molecule has 160 valence electrons. The zero-order valence-corrected chi connectivity index (χ0v) is 17.5. The van der Waals surface area contributed by atoms with E-state index in [2.05, 4.69) is 5.32 Å². The molecule has 0 bridgehead atoms. The number of rotatable bonds is 7. The van der Waals surface area contributed by atoms with Crippen LogP contribution in [-0.2, 0) is 14.3 Å². The molecule has 8 heteroatoms. The van der Waals surface area contributed by atoms with E-state index in [0.717, 1.165) is 11.3 Å². The van der Waals surface area contributed by atoms with Crippen molar-refractivity contribution in [1.29, 1.82) is 5.26 Å². The number of nitrogens with zero attached hydrogens (tertiary/aromatic N) is 2. The second-order valence-electron chi connectivity index (χ2n) is 7.13. The second-order valence-corrected chi connectivity index (χ2v) is 7.13. The molecule has 1 atom stereocenters. The summed E-state index contributed by atoms with van der Waals surface area (Å²) in [4.78, 5) is 26.3. The number of benzene rings is 2. The molecule has 0 saturated carbocycles. The first-order chi connectivity index (χ1) is 14.9. The molecule has 0 spiro atoms. The Hall–Kier alpha value is -3.99. The number of esters is 1. The van der Waals surface area contributed by atoms with Crippen molar-refractivity contribution >= 4 is 23.6 Å². The lowest BCUT2D eigenvalue weighted by atomic mass is 10.1. The van der Waals surface area contributed by atoms with Crippen molar-refractivity contribution < 1.29 is 23.8 Å². The van der Waals surface area contributed by atoms with Crippen LogP contribution in [0.2, 0.25) is 0 Å². The van der Waals surface area contributed by atoms with Crippen molar-refractivity contribution in [2.24, 2.45) is 0 Å². The van der Waals surface area contributed by atoms with E-state index >= 15 is 0 Å². The van der Waals surface area contributed by atoms with Gasteiger partial charge in [0.05, 0.1) is 6.04 Å². The number of carbonyl (C=O) groups is 2. The molecule has 0 radical (unpaired) electrons. The predicted octanol–water partition coefficient (Wildman–Crippen LogP) is 2.81. The molecule has 0 aliphatic carbocycles. The molecular formula is C23H23N3O5. The van der Waals surface area contributed by atoms with Crippen molar-refractivity contribution in [3.05, 3.63) is 59.2 Å². The third kappa shape index (κ3) is 5.54. The fourth-order valence-electron chi connectivity index (χ4n) is 2.93. The number of fused-ring (bicyclic) bond motifs is 1. The SMILES string of the molecule is CC(NC(=O)COC(=O)/C(C#N)=C/c1ccc(N(C)C)cc1)c1ccc2c(c1)OCO2. The summed E-state index contributed by atoms with van der Waals surface area (Å²) in [5.41, 5.74) is 2.31. The number of amides is 1. The minimum atomic E-state index is -0.856. The Balaban J connectivity index is 1.54. The highest BCUT2D eigenvalue weighted by Crippen LogP contribution is 2.34. The van der Waals surface area contributed by atoms with E-state index in [1.807, 2.05) is 43.3 Å². The van der Waals surface area contributed by atoms with E-state index in [-0.39, 0.29) is 18.4 Å². The molecule has 0 saturated heterocycles.